The van der Waals surface area contributed by atoms with E-state index in [9.17, 15) is 0 Å². The van der Waals surface area contributed by atoms with Crippen LogP contribution in [0.5, 0.6) is 0 Å². The molecule has 6 aromatic carbocycles. The van der Waals surface area contributed by atoms with Crippen molar-refractivity contribution < 1.29 is 0 Å². The first kappa shape index (κ1) is 29.0. The number of nitrogens with zero attached hydrogens (tertiary/aromatic N) is 2. The van der Waals surface area contributed by atoms with E-state index in [2.05, 4.69) is 192 Å². The van der Waals surface area contributed by atoms with Crippen molar-refractivity contribution in [2.24, 2.45) is 0 Å². The third-order valence-electron chi connectivity index (χ3n) is 11.3. The van der Waals surface area contributed by atoms with Crippen LogP contribution in [-0.2, 0) is 0 Å². The molecular formula is C48H34N2S. The number of fused-ring (bicyclic) bond motifs is 9. The third-order valence-corrected chi connectivity index (χ3v) is 12.6. The van der Waals surface area contributed by atoms with E-state index >= 15 is 0 Å². The largest absolute Gasteiger partial charge is 0.334 e. The summed E-state index contributed by atoms with van der Waals surface area (Å²) in [5.41, 5.74) is 14.0. The lowest BCUT2D eigenvalue weighted by Gasteiger charge is -2.32. The van der Waals surface area contributed by atoms with Crippen molar-refractivity contribution in [1.29, 1.82) is 0 Å². The highest BCUT2D eigenvalue weighted by Crippen LogP contribution is 2.52. The second-order valence-electron chi connectivity index (χ2n) is 14.0. The number of benzene rings is 6. The minimum Gasteiger partial charge on any atom is -0.334 e. The fourth-order valence-electron chi connectivity index (χ4n) is 8.88. The summed E-state index contributed by atoms with van der Waals surface area (Å²) in [5, 5.41) is 3.01. The Morgan fingerprint density at radius 1 is 0.510 bits per heavy atom. The number of hydrogen-bond donors (Lipinski definition) is 0. The number of aromatic nitrogens is 1. The summed E-state index contributed by atoms with van der Waals surface area (Å²) in [6.07, 6.45) is 16.5. The molecule has 1 aromatic heterocycles. The van der Waals surface area contributed by atoms with Gasteiger partial charge in [0.25, 0.3) is 0 Å². The van der Waals surface area contributed by atoms with E-state index in [4.69, 9.17) is 0 Å². The maximum absolute atomic E-state index is 2.60. The molecule has 0 saturated carbocycles. The molecule has 2 aliphatic carbocycles. The van der Waals surface area contributed by atoms with Crippen LogP contribution in [0.25, 0.3) is 49.7 Å². The molecule has 0 saturated heterocycles. The lowest BCUT2D eigenvalue weighted by atomic mass is 9.89. The molecule has 7 aromatic rings. The van der Waals surface area contributed by atoms with Gasteiger partial charge in [-0.05, 0) is 81.9 Å². The normalized spacial score (nSPS) is 21.1. The average molecular weight is 671 g/mol. The Labute approximate surface area is 302 Å². The Morgan fingerprint density at radius 3 is 2.16 bits per heavy atom. The van der Waals surface area contributed by atoms with Gasteiger partial charge in [0.2, 0.25) is 0 Å². The van der Waals surface area contributed by atoms with Gasteiger partial charge in [-0.15, -0.1) is 11.8 Å². The molecule has 0 bridgehead atoms. The Bertz CT molecular complexity index is 2640. The maximum atomic E-state index is 2.60. The van der Waals surface area contributed by atoms with Crippen LogP contribution in [0.1, 0.15) is 23.0 Å². The summed E-state index contributed by atoms with van der Waals surface area (Å²) in [7, 11) is 0. The van der Waals surface area contributed by atoms with Crippen molar-refractivity contribution in [3.8, 4) is 27.9 Å². The third kappa shape index (κ3) is 4.51. The van der Waals surface area contributed by atoms with E-state index in [0.717, 1.165) is 0 Å². The standard InChI is InChI=1S/C48H34N2S/c1-2-10-31(11-3-1)32-18-22-35(23-19-32)49-44-16-8-5-13-38(44)41-28-33(21-26-45(41)49)34-20-25-39-37-12-4-7-15-43(37)50(46(39)29-34)36-24-27-48-42(30-36)40-14-6-9-17-47(40)51-48/h1-30,37,42-43,48H. The molecule has 0 radical (unpaired) electrons. The van der Waals surface area contributed by atoms with Gasteiger partial charge < -0.3 is 9.47 Å². The number of allylic oxidation sites excluding steroid dienone is 4. The maximum Gasteiger partial charge on any atom is 0.0629 e. The molecule has 3 heteroatoms. The Kier molecular flexibility index (Phi) is 6.47. The van der Waals surface area contributed by atoms with E-state index in [1.165, 1.54) is 77.2 Å². The van der Waals surface area contributed by atoms with Gasteiger partial charge >= 0.3 is 0 Å². The average Bonchev–Trinajstić information content (AvgIpc) is 3.85. The van der Waals surface area contributed by atoms with Crippen LogP contribution in [0.15, 0.2) is 193 Å². The molecule has 51 heavy (non-hydrogen) atoms. The zero-order chi connectivity index (χ0) is 33.5. The molecule has 4 unspecified atom stereocenters. The quantitative estimate of drug-likeness (QED) is 0.184. The van der Waals surface area contributed by atoms with Crippen molar-refractivity contribution in [2.75, 3.05) is 4.90 Å². The molecule has 242 valence electrons. The second-order valence-corrected chi connectivity index (χ2v) is 15.2. The Hall–Kier alpha value is -5.77. The van der Waals surface area contributed by atoms with Gasteiger partial charge in [0.15, 0.2) is 0 Å². The van der Waals surface area contributed by atoms with E-state index < -0.39 is 0 Å². The molecular weight excluding hydrogens is 637 g/mol. The predicted molar refractivity (Wildman–Crippen MR) is 215 cm³/mol. The second kappa shape index (κ2) is 11.4. The van der Waals surface area contributed by atoms with Crippen LogP contribution in [-0.4, -0.2) is 15.9 Å². The summed E-state index contributed by atoms with van der Waals surface area (Å²) in [5.74, 6) is 0.735. The minimum atomic E-state index is 0.269. The monoisotopic (exact) mass is 670 g/mol. The molecule has 11 rings (SSSR count). The summed E-state index contributed by atoms with van der Waals surface area (Å²) < 4.78 is 2.41. The van der Waals surface area contributed by atoms with Gasteiger partial charge in [0.05, 0.1) is 17.1 Å². The summed E-state index contributed by atoms with van der Waals surface area (Å²) >= 11 is 2.00. The smallest absolute Gasteiger partial charge is 0.0629 e. The first-order chi connectivity index (χ1) is 25.3. The van der Waals surface area contributed by atoms with E-state index in [1.54, 1.807) is 0 Å². The van der Waals surface area contributed by atoms with Crippen molar-refractivity contribution in [3.05, 3.63) is 199 Å². The van der Waals surface area contributed by atoms with Gasteiger partial charge in [-0.1, -0.05) is 134 Å². The van der Waals surface area contributed by atoms with Crippen LogP contribution in [0.3, 0.4) is 0 Å². The van der Waals surface area contributed by atoms with Crippen molar-refractivity contribution >= 4 is 39.3 Å². The van der Waals surface area contributed by atoms with Crippen LogP contribution >= 0.6 is 11.8 Å². The van der Waals surface area contributed by atoms with Gasteiger partial charge in [0.1, 0.15) is 0 Å². The van der Waals surface area contributed by atoms with Crippen LogP contribution in [0, 0.1) is 0 Å². The van der Waals surface area contributed by atoms with Crippen LogP contribution in [0.4, 0.5) is 5.69 Å². The number of hydrogen-bond acceptors (Lipinski definition) is 2. The number of thioether (sulfide) groups is 1. The van der Waals surface area contributed by atoms with Crippen LogP contribution < -0.4 is 4.90 Å². The van der Waals surface area contributed by atoms with Crippen molar-refractivity contribution in [3.63, 3.8) is 0 Å². The summed E-state index contributed by atoms with van der Waals surface area (Å²) in [4.78, 5) is 4.02. The summed E-state index contributed by atoms with van der Waals surface area (Å²) in [6, 6.07) is 51.8. The molecule has 2 nitrogen and oxygen atoms in total. The zero-order valence-corrected chi connectivity index (χ0v) is 28.7. The fourth-order valence-corrected chi connectivity index (χ4v) is 10.2. The lowest BCUT2D eigenvalue weighted by Crippen LogP contribution is -2.33. The van der Waals surface area contributed by atoms with Gasteiger partial charge in [-0.2, -0.15) is 0 Å². The summed E-state index contributed by atoms with van der Waals surface area (Å²) in [6.45, 7) is 0. The first-order valence-corrected chi connectivity index (χ1v) is 18.8. The lowest BCUT2D eigenvalue weighted by molar-refractivity contribution is 0.720. The first-order valence-electron chi connectivity index (χ1n) is 17.9. The van der Waals surface area contributed by atoms with E-state index in [-0.39, 0.29) is 6.04 Å². The number of rotatable bonds is 4. The van der Waals surface area contributed by atoms with Crippen molar-refractivity contribution in [1.82, 2.24) is 4.57 Å². The van der Waals surface area contributed by atoms with E-state index in [0.29, 0.717) is 17.1 Å². The molecule has 0 N–H and O–H groups in total. The Balaban J connectivity index is 1.01. The number of anilines is 1. The molecule has 4 aliphatic rings. The molecule has 2 aliphatic heterocycles. The zero-order valence-electron chi connectivity index (χ0n) is 27.9. The minimum absolute atomic E-state index is 0.269. The highest BCUT2D eigenvalue weighted by Gasteiger charge is 2.40. The fraction of sp³-hybridized carbons (Fsp3) is 0.0833. The molecule has 4 atom stereocenters. The van der Waals surface area contributed by atoms with Crippen LogP contribution in [0.2, 0.25) is 0 Å². The van der Waals surface area contributed by atoms with Gasteiger partial charge in [-0.25, -0.2) is 0 Å². The SMILES string of the molecule is C1=CC2c3ccc(-c4ccc5c(c4)c4ccccc4n5-c4ccc(-c5ccccc5)cc4)cc3N(C3=CC4c5ccccc5SC4C=C3)C2C=C1. The van der Waals surface area contributed by atoms with Gasteiger partial charge in [0, 0.05) is 49.8 Å². The Morgan fingerprint density at radius 2 is 1.24 bits per heavy atom. The predicted octanol–water partition coefficient (Wildman–Crippen LogP) is 12.2. The van der Waals surface area contributed by atoms with Gasteiger partial charge in [-0.3, -0.25) is 0 Å². The molecule has 0 spiro atoms. The number of para-hydroxylation sites is 1. The highest BCUT2D eigenvalue weighted by atomic mass is 32.2. The van der Waals surface area contributed by atoms with Crippen molar-refractivity contribution in [2.45, 2.75) is 28.0 Å². The molecule has 0 fully saturated rings. The molecule has 3 heterocycles. The highest BCUT2D eigenvalue weighted by molar-refractivity contribution is 8.00. The molecule has 0 amide bonds. The topological polar surface area (TPSA) is 8.17 Å². The van der Waals surface area contributed by atoms with E-state index in [1.807, 2.05) is 11.8 Å².